The van der Waals surface area contributed by atoms with Crippen molar-refractivity contribution in [3.63, 3.8) is 0 Å². The molecule has 8 heteroatoms. The van der Waals surface area contributed by atoms with Crippen LogP contribution in [0.15, 0.2) is 71.9 Å². The summed E-state index contributed by atoms with van der Waals surface area (Å²) in [5.74, 6) is -0.324. The van der Waals surface area contributed by atoms with E-state index in [9.17, 15) is 14.7 Å². The van der Waals surface area contributed by atoms with Crippen molar-refractivity contribution < 1.29 is 9.90 Å². The Hall–Kier alpha value is -3.75. The maximum atomic E-state index is 12.7. The number of carbonyl (C=O) groups is 1. The molecule has 0 radical (unpaired) electrons. The fourth-order valence-electron chi connectivity index (χ4n) is 4.41. The molecule has 0 saturated carbocycles. The summed E-state index contributed by atoms with van der Waals surface area (Å²) >= 11 is 0. The molecule has 2 N–H and O–H groups in total. The molecule has 0 fully saturated rings. The highest BCUT2D eigenvalue weighted by Gasteiger charge is 2.19. The number of aromatic nitrogens is 3. The van der Waals surface area contributed by atoms with Crippen LogP contribution in [0.25, 0.3) is 16.8 Å². The molecule has 0 aliphatic carbocycles. The van der Waals surface area contributed by atoms with Crippen LogP contribution in [0.5, 0.6) is 0 Å². The summed E-state index contributed by atoms with van der Waals surface area (Å²) in [6.07, 6.45) is 5.63. The maximum absolute atomic E-state index is 12.7. The lowest BCUT2D eigenvalue weighted by atomic mass is 10.00. The van der Waals surface area contributed by atoms with Gasteiger partial charge in [0.25, 0.3) is 5.91 Å². The molecule has 0 bridgehead atoms. The summed E-state index contributed by atoms with van der Waals surface area (Å²) < 4.78 is 3.32. The van der Waals surface area contributed by atoms with Crippen molar-refractivity contribution in [2.24, 2.45) is 7.05 Å². The zero-order valence-corrected chi connectivity index (χ0v) is 19.0. The molecule has 0 saturated heterocycles. The molecule has 1 aromatic carbocycles. The molecular formula is C26H27N5O3. The zero-order chi connectivity index (χ0) is 23.7. The van der Waals surface area contributed by atoms with Gasteiger partial charge in [-0.15, -0.1) is 0 Å². The largest absolute Gasteiger partial charge is 0.390 e. The van der Waals surface area contributed by atoms with Gasteiger partial charge < -0.3 is 19.4 Å². The zero-order valence-electron chi connectivity index (χ0n) is 19.0. The van der Waals surface area contributed by atoms with Crippen LogP contribution in [0, 0.1) is 0 Å². The normalized spacial score (nSPS) is 14.6. The monoisotopic (exact) mass is 457 g/mol. The number of aryl methyl sites for hydroxylation is 1. The highest BCUT2D eigenvalue weighted by Crippen LogP contribution is 2.20. The van der Waals surface area contributed by atoms with E-state index in [-0.39, 0.29) is 23.7 Å². The maximum Gasteiger partial charge on any atom is 0.271 e. The van der Waals surface area contributed by atoms with Gasteiger partial charge in [-0.3, -0.25) is 14.5 Å². The van der Waals surface area contributed by atoms with Crippen molar-refractivity contribution in [1.29, 1.82) is 0 Å². The van der Waals surface area contributed by atoms with Crippen LogP contribution >= 0.6 is 0 Å². The number of amides is 1. The van der Waals surface area contributed by atoms with E-state index in [1.807, 2.05) is 24.4 Å². The van der Waals surface area contributed by atoms with Crippen LogP contribution < -0.4 is 10.9 Å². The molecule has 0 spiro atoms. The third-order valence-electron chi connectivity index (χ3n) is 6.28. The summed E-state index contributed by atoms with van der Waals surface area (Å²) in [7, 11) is 1.71. The van der Waals surface area contributed by atoms with Gasteiger partial charge in [0.1, 0.15) is 11.3 Å². The molecule has 1 aliphatic rings. The lowest BCUT2D eigenvalue weighted by Gasteiger charge is -2.30. The second kappa shape index (κ2) is 9.24. The Bertz CT molecular complexity index is 1410. The topological polar surface area (TPSA) is 91.9 Å². The minimum Gasteiger partial charge on any atom is -0.390 e. The van der Waals surface area contributed by atoms with Crippen molar-refractivity contribution in [2.45, 2.75) is 19.1 Å². The van der Waals surface area contributed by atoms with Gasteiger partial charge >= 0.3 is 0 Å². The van der Waals surface area contributed by atoms with Crippen molar-refractivity contribution in [1.82, 2.24) is 24.2 Å². The Morgan fingerprint density at radius 1 is 1.06 bits per heavy atom. The molecule has 174 valence electrons. The number of rotatable bonds is 6. The first kappa shape index (κ1) is 22.1. The Kier molecular flexibility index (Phi) is 6.00. The number of aliphatic hydroxyl groups excluding tert-OH is 1. The molecule has 1 atom stereocenters. The average Bonchev–Trinajstić information content (AvgIpc) is 3.28. The van der Waals surface area contributed by atoms with E-state index < -0.39 is 6.10 Å². The van der Waals surface area contributed by atoms with Crippen molar-refractivity contribution in [2.75, 3.05) is 19.6 Å². The average molecular weight is 458 g/mol. The van der Waals surface area contributed by atoms with Gasteiger partial charge in [0.2, 0.25) is 5.56 Å². The van der Waals surface area contributed by atoms with E-state index >= 15 is 0 Å². The number of hydrogen-bond acceptors (Lipinski definition) is 5. The summed E-state index contributed by atoms with van der Waals surface area (Å²) in [4.78, 5) is 30.9. The summed E-state index contributed by atoms with van der Waals surface area (Å²) in [6.45, 7) is 2.37. The molecule has 1 amide bonds. The lowest BCUT2D eigenvalue weighted by molar-refractivity contribution is 0.0838. The van der Waals surface area contributed by atoms with Gasteiger partial charge in [-0.05, 0) is 46.9 Å². The summed E-state index contributed by atoms with van der Waals surface area (Å²) in [6, 6.07) is 15.4. The van der Waals surface area contributed by atoms with E-state index in [1.165, 1.54) is 21.8 Å². The van der Waals surface area contributed by atoms with Gasteiger partial charge in [0, 0.05) is 57.9 Å². The lowest BCUT2D eigenvalue weighted by Crippen LogP contribution is -2.42. The van der Waals surface area contributed by atoms with Gasteiger partial charge in [-0.2, -0.15) is 0 Å². The molecule has 4 aromatic rings. The van der Waals surface area contributed by atoms with E-state index in [2.05, 4.69) is 33.4 Å². The van der Waals surface area contributed by atoms with Gasteiger partial charge in [0.05, 0.1) is 6.10 Å². The Morgan fingerprint density at radius 3 is 2.65 bits per heavy atom. The highest BCUT2D eigenvalue weighted by molar-refractivity contribution is 5.92. The third kappa shape index (κ3) is 4.64. The highest BCUT2D eigenvalue weighted by atomic mass is 16.3. The second-order valence-corrected chi connectivity index (χ2v) is 8.79. The van der Waals surface area contributed by atoms with E-state index in [0.717, 1.165) is 30.6 Å². The Morgan fingerprint density at radius 2 is 1.82 bits per heavy atom. The fraction of sp³-hybridized carbons (Fsp3) is 0.269. The Balaban J connectivity index is 1.20. The molecule has 34 heavy (non-hydrogen) atoms. The van der Waals surface area contributed by atoms with Crippen LogP contribution in [0.4, 0.5) is 0 Å². The molecule has 1 unspecified atom stereocenters. The van der Waals surface area contributed by atoms with Crippen LogP contribution in [-0.4, -0.2) is 55.6 Å². The quantitative estimate of drug-likeness (QED) is 0.461. The number of aliphatic hydroxyl groups is 1. The van der Waals surface area contributed by atoms with E-state index in [4.69, 9.17) is 0 Å². The van der Waals surface area contributed by atoms with Gasteiger partial charge in [0.15, 0.2) is 0 Å². The SMILES string of the molecule is Cn1cc(-c2ccc3nc(C(=O)NCC(O)CN4CCc5ccccc5C4)cn3c2)ccc1=O. The van der Waals surface area contributed by atoms with Gasteiger partial charge in [-0.1, -0.05) is 24.3 Å². The fourth-order valence-corrected chi connectivity index (χ4v) is 4.41. The van der Waals surface area contributed by atoms with E-state index in [1.54, 1.807) is 29.9 Å². The number of nitrogens with one attached hydrogen (secondary N) is 1. The predicted molar refractivity (Wildman–Crippen MR) is 130 cm³/mol. The van der Waals surface area contributed by atoms with Crippen LogP contribution in [0.1, 0.15) is 21.6 Å². The summed E-state index contributed by atoms with van der Waals surface area (Å²) in [5.41, 5.74) is 5.33. The van der Waals surface area contributed by atoms with Crippen LogP contribution in [0.2, 0.25) is 0 Å². The first-order chi connectivity index (χ1) is 16.5. The number of hydrogen-bond donors (Lipinski definition) is 2. The number of carbonyl (C=O) groups excluding carboxylic acids is 1. The first-order valence-electron chi connectivity index (χ1n) is 11.4. The molecule has 3 aromatic heterocycles. The number of β-amino-alcohol motifs (C(OH)–C–C–N with tert-alkyl or cyclic N) is 1. The van der Waals surface area contributed by atoms with Crippen molar-refractivity contribution in [3.05, 3.63) is 94.3 Å². The van der Waals surface area contributed by atoms with Crippen molar-refractivity contribution in [3.8, 4) is 11.1 Å². The van der Waals surface area contributed by atoms with Crippen molar-refractivity contribution >= 4 is 11.6 Å². The number of benzene rings is 1. The molecule has 8 nitrogen and oxygen atoms in total. The number of pyridine rings is 2. The molecular weight excluding hydrogens is 430 g/mol. The smallest absolute Gasteiger partial charge is 0.271 e. The molecule has 4 heterocycles. The second-order valence-electron chi connectivity index (χ2n) is 8.79. The standard InChI is InChI=1S/C26H27N5O3/c1-29-13-20(7-9-25(29)33)21-6-8-24-28-23(17-31(24)15-21)26(34)27-12-22(32)16-30-11-10-18-4-2-3-5-19(18)14-30/h2-9,13,15,17,22,32H,10-12,14,16H2,1H3,(H,27,34). The first-order valence-corrected chi connectivity index (χ1v) is 11.4. The molecule has 5 rings (SSSR count). The van der Waals surface area contributed by atoms with E-state index in [0.29, 0.717) is 12.2 Å². The minimum absolute atomic E-state index is 0.0706. The third-order valence-corrected chi connectivity index (χ3v) is 6.28. The number of nitrogens with zero attached hydrogens (tertiary/aromatic N) is 4. The van der Waals surface area contributed by atoms with Crippen LogP contribution in [-0.2, 0) is 20.0 Å². The predicted octanol–water partition coefficient (Wildman–Crippen LogP) is 1.85. The number of fused-ring (bicyclic) bond motifs is 2. The van der Waals surface area contributed by atoms with Gasteiger partial charge in [-0.25, -0.2) is 4.98 Å². The minimum atomic E-state index is -0.664. The summed E-state index contributed by atoms with van der Waals surface area (Å²) in [5, 5.41) is 13.3. The molecule has 1 aliphatic heterocycles. The Labute approximate surface area is 197 Å². The van der Waals surface area contributed by atoms with Crippen LogP contribution in [0.3, 0.4) is 0 Å². The number of imidazole rings is 1.